The van der Waals surface area contributed by atoms with Crippen LogP contribution in [0.25, 0.3) is 43.1 Å². The lowest BCUT2D eigenvalue weighted by atomic mass is 10.1. The molecular weight excluding hydrogens is 602 g/mol. The van der Waals surface area contributed by atoms with Gasteiger partial charge in [0.25, 0.3) is 0 Å². The minimum absolute atomic E-state index is 0.695. The standard InChI is InChI=1S/C40H26N2O2P2/c43-45-35-19-17-25-9-5-7-15-31(25)39(35)42-40-32-16-8-6-10-26(32)18-20-36(40)46(44)38-24-30-14-4-2-12-28(30)22-34(38)41-33-21-27-11-1-3-13-29(27)23-37(33)45/h1-24,41-42H/q+2. The Morgan fingerprint density at radius 3 is 1.15 bits per heavy atom. The molecule has 0 aromatic heterocycles. The number of hydrogen-bond acceptors (Lipinski definition) is 4. The quantitative estimate of drug-likeness (QED) is 0.164. The summed E-state index contributed by atoms with van der Waals surface area (Å²) in [6.45, 7) is 0. The summed E-state index contributed by atoms with van der Waals surface area (Å²) < 4.78 is 30.0. The Balaban J connectivity index is 1.42. The first-order valence-corrected chi connectivity index (χ1v) is 17.7. The maximum atomic E-state index is 15.0. The van der Waals surface area contributed by atoms with E-state index in [1.54, 1.807) is 0 Å². The smallest absolute Gasteiger partial charge is 0.348 e. The van der Waals surface area contributed by atoms with Gasteiger partial charge in [0.15, 0.2) is 0 Å². The van der Waals surface area contributed by atoms with Crippen LogP contribution in [0.2, 0.25) is 0 Å². The van der Waals surface area contributed by atoms with E-state index in [9.17, 15) is 0 Å². The molecule has 0 bridgehead atoms. The zero-order chi connectivity index (χ0) is 30.8. The van der Waals surface area contributed by atoms with Gasteiger partial charge in [0, 0.05) is 22.9 Å². The second-order valence-electron chi connectivity index (χ2n) is 11.6. The van der Waals surface area contributed by atoms with Crippen molar-refractivity contribution in [1.29, 1.82) is 0 Å². The van der Waals surface area contributed by atoms with Crippen LogP contribution in [0.4, 0.5) is 22.7 Å². The molecule has 4 nitrogen and oxygen atoms in total. The van der Waals surface area contributed by atoms with Gasteiger partial charge in [-0.05, 0) is 68.7 Å². The van der Waals surface area contributed by atoms with Crippen molar-refractivity contribution in [2.24, 2.45) is 0 Å². The zero-order valence-electron chi connectivity index (χ0n) is 24.6. The molecule has 1 aliphatic rings. The predicted molar refractivity (Wildman–Crippen MR) is 196 cm³/mol. The van der Waals surface area contributed by atoms with Crippen molar-refractivity contribution in [1.82, 2.24) is 0 Å². The number of benzene rings is 8. The SMILES string of the molecule is O=[P+]1c2cc3ccccc3cc2Nc2cc3ccccc3cc2[P+](=O)c2ccc3ccccc3c2Nc2c1ccc1ccccc21. The lowest BCUT2D eigenvalue weighted by Gasteiger charge is -2.16. The second-order valence-corrected chi connectivity index (χ2v) is 14.7. The Kier molecular flexibility index (Phi) is 6.21. The lowest BCUT2D eigenvalue weighted by molar-refractivity contribution is 0.597. The largest absolute Gasteiger partial charge is 0.419 e. The Morgan fingerprint density at radius 2 is 0.717 bits per heavy atom. The molecule has 6 heteroatoms. The summed E-state index contributed by atoms with van der Waals surface area (Å²) in [4.78, 5) is 0. The lowest BCUT2D eigenvalue weighted by Crippen LogP contribution is -2.20. The van der Waals surface area contributed by atoms with Crippen LogP contribution >= 0.6 is 15.6 Å². The number of anilines is 4. The van der Waals surface area contributed by atoms with E-state index in [0.29, 0.717) is 21.2 Å². The number of fused-ring (bicyclic) bond motifs is 10. The molecule has 8 aromatic carbocycles. The molecule has 1 heterocycles. The van der Waals surface area contributed by atoms with Gasteiger partial charge >= 0.3 is 15.6 Å². The van der Waals surface area contributed by atoms with Crippen molar-refractivity contribution < 1.29 is 9.13 Å². The maximum absolute atomic E-state index is 15.0. The third kappa shape index (κ3) is 4.30. The van der Waals surface area contributed by atoms with Gasteiger partial charge in [-0.25, -0.2) is 0 Å². The summed E-state index contributed by atoms with van der Waals surface area (Å²) in [5.41, 5.74) is 2.99. The molecule has 0 fully saturated rings. The van der Waals surface area contributed by atoms with E-state index in [2.05, 4.69) is 71.3 Å². The van der Waals surface area contributed by atoms with Crippen LogP contribution in [0.15, 0.2) is 146 Å². The van der Waals surface area contributed by atoms with Crippen molar-refractivity contribution in [3.05, 3.63) is 146 Å². The van der Waals surface area contributed by atoms with Gasteiger partial charge in [-0.15, -0.1) is 0 Å². The monoisotopic (exact) mass is 628 g/mol. The molecule has 2 atom stereocenters. The van der Waals surface area contributed by atoms with Gasteiger partial charge in [0.05, 0.1) is 11.4 Å². The van der Waals surface area contributed by atoms with Crippen molar-refractivity contribution >= 4 is 103 Å². The molecule has 46 heavy (non-hydrogen) atoms. The normalized spacial score (nSPS) is 14.3. The average Bonchev–Trinajstić information content (AvgIpc) is 3.10. The predicted octanol–water partition coefficient (Wildman–Crippen LogP) is 9.66. The minimum Gasteiger partial charge on any atom is -0.348 e. The first kappa shape index (κ1) is 27.0. The first-order valence-electron chi connectivity index (χ1n) is 15.2. The number of nitrogens with one attached hydrogen (secondary N) is 2. The fourth-order valence-electron chi connectivity index (χ4n) is 6.64. The first-order chi connectivity index (χ1) is 22.6. The second kappa shape index (κ2) is 10.6. The number of rotatable bonds is 0. The molecule has 0 radical (unpaired) electrons. The van der Waals surface area contributed by atoms with E-state index in [4.69, 9.17) is 0 Å². The Hall–Kier alpha value is -5.40. The van der Waals surface area contributed by atoms with Gasteiger partial charge in [0.1, 0.15) is 11.4 Å². The van der Waals surface area contributed by atoms with E-state index in [0.717, 1.165) is 65.8 Å². The Bertz CT molecular complexity index is 2420. The summed E-state index contributed by atoms with van der Waals surface area (Å²) in [5, 5.41) is 18.2. The average molecular weight is 629 g/mol. The summed E-state index contributed by atoms with van der Waals surface area (Å²) in [6.07, 6.45) is 0. The van der Waals surface area contributed by atoms with Crippen LogP contribution in [0.5, 0.6) is 0 Å². The summed E-state index contributed by atoms with van der Waals surface area (Å²) in [6, 6.07) is 48.7. The highest BCUT2D eigenvalue weighted by molar-refractivity contribution is 7.63. The molecule has 0 saturated heterocycles. The molecule has 2 unspecified atom stereocenters. The van der Waals surface area contributed by atoms with E-state index in [-0.39, 0.29) is 0 Å². The fraction of sp³-hybridized carbons (Fsp3) is 0. The van der Waals surface area contributed by atoms with Crippen LogP contribution in [0, 0.1) is 0 Å². The third-order valence-corrected chi connectivity index (χ3v) is 12.2. The molecular formula is C40H26N2O2P2+2. The van der Waals surface area contributed by atoms with Crippen molar-refractivity contribution in [3.8, 4) is 0 Å². The van der Waals surface area contributed by atoms with E-state index in [1.807, 2.05) is 84.9 Å². The van der Waals surface area contributed by atoms with Crippen LogP contribution in [0.1, 0.15) is 0 Å². The van der Waals surface area contributed by atoms with Crippen molar-refractivity contribution in [2.45, 2.75) is 0 Å². The Morgan fingerprint density at radius 1 is 0.348 bits per heavy atom. The van der Waals surface area contributed by atoms with E-state index in [1.165, 1.54) is 0 Å². The Labute approximate surface area is 267 Å². The zero-order valence-corrected chi connectivity index (χ0v) is 26.4. The maximum Gasteiger partial charge on any atom is 0.419 e. The van der Waals surface area contributed by atoms with E-state index >= 15 is 9.13 Å². The molecule has 1 aliphatic heterocycles. The van der Waals surface area contributed by atoms with Crippen LogP contribution in [-0.4, -0.2) is 0 Å². The fourth-order valence-corrected chi connectivity index (χ4v) is 9.53. The van der Waals surface area contributed by atoms with E-state index < -0.39 is 15.6 Å². The molecule has 0 amide bonds. The van der Waals surface area contributed by atoms with Crippen molar-refractivity contribution in [3.63, 3.8) is 0 Å². The summed E-state index contributed by atoms with van der Waals surface area (Å²) >= 11 is 0. The summed E-state index contributed by atoms with van der Waals surface area (Å²) in [5.74, 6) is 0. The van der Waals surface area contributed by atoms with Crippen LogP contribution < -0.4 is 31.9 Å². The highest BCUT2D eigenvalue weighted by atomic mass is 31.1. The molecule has 0 spiro atoms. The van der Waals surface area contributed by atoms with Crippen LogP contribution in [0.3, 0.4) is 0 Å². The molecule has 8 aromatic rings. The number of hydrogen-bond donors (Lipinski definition) is 2. The molecule has 216 valence electrons. The molecule has 9 rings (SSSR count). The molecule has 0 saturated carbocycles. The minimum atomic E-state index is -2.08. The highest BCUT2D eigenvalue weighted by Gasteiger charge is 2.37. The molecule has 2 N–H and O–H groups in total. The van der Waals surface area contributed by atoms with Gasteiger partial charge in [-0.2, -0.15) is 0 Å². The van der Waals surface area contributed by atoms with Gasteiger partial charge in [-0.3, -0.25) is 0 Å². The van der Waals surface area contributed by atoms with Crippen molar-refractivity contribution in [2.75, 3.05) is 10.6 Å². The van der Waals surface area contributed by atoms with Gasteiger partial charge < -0.3 is 10.6 Å². The van der Waals surface area contributed by atoms with Gasteiger partial charge in [0.2, 0.25) is 21.2 Å². The third-order valence-electron chi connectivity index (χ3n) is 8.94. The molecule has 0 aliphatic carbocycles. The van der Waals surface area contributed by atoms with Crippen LogP contribution in [-0.2, 0) is 9.13 Å². The highest BCUT2D eigenvalue weighted by Crippen LogP contribution is 2.41. The van der Waals surface area contributed by atoms with Gasteiger partial charge in [-0.1, -0.05) is 106 Å². The summed E-state index contributed by atoms with van der Waals surface area (Å²) in [7, 11) is -4.16. The topological polar surface area (TPSA) is 58.2 Å².